The fourth-order valence-electron chi connectivity index (χ4n) is 4.25. The molecule has 6 nitrogen and oxygen atoms in total. The molecule has 4 rings (SSSR count). The van der Waals surface area contributed by atoms with Crippen molar-refractivity contribution in [2.75, 3.05) is 44.7 Å². The molecule has 3 heterocycles. The van der Waals surface area contributed by atoms with E-state index in [2.05, 4.69) is 30.8 Å². The van der Waals surface area contributed by atoms with Crippen LogP contribution in [0.1, 0.15) is 36.9 Å². The quantitative estimate of drug-likeness (QED) is 0.507. The molecule has 0 atom stereocenters. The average molecular weight is 445 g/mol. The van der Waals surface area contributed by atoms with Crippen LogP contribution in [0, 0.1) is 5.82 Å². The van der Waals surface area contributed by atoms with Crippen molar-refractivity contribution in [2.45, 2.75) is 44.7 Å². The van der Waals surface area contributed by atoms with Crippen LogP contribution in [0.4, 0.5) is 9.52 Å². The summed E-state index contributed by atoms with van der Waals surface area (Å²) in [5.74, 6) is 0.694. The van der Waals surface area contributed by atoms with Gasteiger partial charge in [-0.25, -0.2) is 9.37 Å². The van der Waals surface area contributed by atoms with Gasteiger partial charge in [0.25, 0.3) is 0 Å². The number of piperidine rings is 1. The Kier molecular flexibility index (Phi) is 7.75. The lowest BCUT2D eigenvalue weighted by Crippen LogP contribution is -2.48. The Morgan fingerprint density at radius 3 is 2.61 bits per heavy atom. The standard InChI is InChI=1S/C23H33FN6S/c1-25-22(26-11-8-21-17-31-23(28-21)30-12-2-3-13-30)27-20-9-14-29(15-10-20)16-18-4-6-19(24)7-5-18/h4-7,17,20H,2-3,8-16H2,1H3,(H2,25,26,27). The van der Waals surface area contributed by atoms with Gasteiger partial charge in [-0.05, 0) is 43.4 Å². The van der Waals surface area contributed by atoms with Gasteiger partial charge in [-0.3, -0.25) is 9.89 Å². The molecule has 1 aromatic heterocycles. The van der Waals surface area contributed by atoms with Crippen LogP contribution in [-0.4, -0.2) is 61.7 Å². The molecule has 2 aromatic rings. The first-order valence-electron chi connectivity index (χ1n) is 11.3. The summed E-state index contributed by atoms with van der Waals surface area (Å²) in [6.07, 6.45) is 5.62. The number of guanidine groups is 1. The Bertz CT molecular complexity index is 838. The molecule has 0 bridgehead atoms. The maximum absolute atomic E-state index is 13.1. The molecule has 0 aliphatic carbocycles. The largest absolute Gasteiger partial charge is 0.356 e. The maximum Gasteiger partial charge on any atom is 0.191 e. The van der Waals surface area contributed by atoms with Gasteiger partial charge in [0.1, 0.15) is 5.82 Å². The number of anilines is 1. The predicted molar refractivity (Wildman–Crippen MR) is 126 cm³/mol. The van der Waals surface area contributed by atoms with Gasteiger partial charge in [0.15, 0.2) is 11.1 Å². The van der Waals surface area contributed by atoms with Crippen LogP contribution in [0.5, 0.6) is 0 Å². The van der Waals surface area contributed by atoms with Crippen molar-refractivity contribution in [1.29, 1.82) is 0 Å². The van der Waals surface area contributed by atoms with E-state index < -0.39 is 0 Å². The molecular weight excluding hydrogens is 411 g/mol. The van der Waals surface area contributed by atoms with Gasteiger partial charge in [-0.2, -0.15) is 0 Å². The number of benzene rings is 1. The molecule has 8 heteroatoms. The highest BCUT2D eigenvalue weighted by molar-refractivity contribution is 7.13. The second-order valence-electron chi connectivity index (χ2n) is 8.39. The number of thiazole rings is 1. The molecular formula is C23H33FN6S. The van der Waals surface area contributed by atoms with Crippen molar-refractivity contribution < 1.29 is 4.39 Å². The molecule has 0 amide bonds. The van der Waals surface area contributed by atoms with Gasteiger partial charge in [-0.1, -0.05) is 12.1 Å². The molecule has 1 aromatic carbocycles. The molecule has 2 fully saturated rings. The number of halogens is 1. The molecule has 31 heavy (non-hydrogen) atoms. The highest BCUT2D eigenvalue weighted by Gasteiger charge is 2.20. The highest BCUT2D eigenvalue weighted by atomic mass is 32.1. The van der Waals surface area contributed by atoms with Crippen LogP contribution in [0.15, 0.2) is 34.6 Å². The number of aromatic nitrogens is 1. The third-order valence-corrected chi connectivity index (χ3v) is 7.01. The highest BCUT2D eigenvalue weighted by Crippen LogP contribution is 2.24. The van der Waals surface area contributed by atoms with Crippen molar-refractivity contribution in [3.63, 3.8) is 0 Å². The summed E-state index contributed by atoms with van der Waals surface area (Å²) >= 11 is 1.76. The fourth-order valence-corrected chi connectivity index (χ4v) is 5.16. The van der Waals surface area contributed by atoms with E-state index in [1.807, 2.05) is 19.2 Å². The van der Waals surface area contributed by atoms with Gasteiger partial charge >= 0.3 is 0 Å². The lowest BCUT2D eigenvalue weighted by atomic mass is 10.0. The Morgan fingerprint density at radius 2 is 1.90 bits per heavy atom. The minimum absolute atomic E-state index is 0.174. The zero-order valence-electron chi connectivity index (χ0n) is 18.3. The van der Waals surface area contributed by atoms with E-state index in [1.54, 1.807) is 11.3 Å². The first-order valence-corrected chi connectivity index (χ1v) is 12.2. The minimum atomic E-state index is -0.174. The van der Waals surface area contributed by atoms with Crippen LogP contribution in [-0.2, 0) is 13.0 Å². The Morgan fingerprint density at radius 1 is 1.16 bits per heavy atom. The van der Waals surface area contributed by atoms with E-state index in [9.17, 15) is 4.39 Å². The minimum Gasteiger partial charge on any atom is -0.356 e. The number of rotatable bonds is 7. The van der Waals surface area contributed by atoms with Crippen LogP contribution in [0.2, 0.25) is 0 Å². The van der Waals surface area contributed by atoms with E-state index in [0.717, 1.165) is 70.2 Å². The number of likely N-dealkylation sites (tertiary alicyclic amines) is 1. The molecule has 2 aliphatic heterocycles. The number of hydrogen-bond donors (Lipinski definition) is 2. The van der Waals surface area contributed by atoms with E-state index in [-0.39, 0.29) is 5.82 Å². The summed E-state index contributed by atoms with van der Waals surface area (Å²) in [6.45, 7) is 6.06. The van der Waals surface area contributed by atoms with Crippen LogP contribution >= 0.6 is 11.3 Å². The van der Waals surface area contributed by atoms with E-state index in [0.29, 0.717) is 6.04 Å². The van der Waals surface area contributed by atoms with Crippen LogP contribution in [0.25, 0.3) is 0 Å². The summed E-state index contributed by atoms with van der Waals surface area (Å²) in [4.78, 5) is 14.0. The fraction of sp³-hybridized carbons (Fsp3) is 0.565. The third-order valence-electron chi connectivity index (χ3n) is 6.06. The summed E-state index contributed by atoms with van der Waals surface area (Å²) in [6, 6.07) is 7.26. The van der Waals surface area contributed by atoms with Crippen molar-refractivity contribution in [3.8, 4) is 0 Å². The molecule has 0 unspecified atom stereocenters. The normalized spacial score (nSPS) is 18.5. The molecule has 168 valence electrons. The van der Waals surface area contributed by atoms with Crippen LogP contribution < -0.4 is 15.5 Å². The number of nitrogens with one attached hydrogen (secondary N) is 2. The van der Waals surface area contributed by atoms with Crippen molar-refractivity contribution >= 4 is 22.4 Å². The first kappa shape index (κ1) is 22.0. The summed E-state index contributed by atoms with van der Waals surface area (Å²) in [5, 5.41) is 10.4. The monoisotopic (exact) mass is 444 g/mol. The first-order chi connectivity index (χ1) is 15.2. The molecule has 2 aliphatic rings. The molecule has 2 saturated heterocycles. The maximum atomic E-state index is 13.1. The summed E-state index contributed by atoms with van der Waals surface area (Å²) < 4.78 is 13.1. The van der Waals surface area contributed by atoms with Crippen molar-refractivity contribution in [3.05, 3.63) is 46.7 Å². The van der Waals surface area contributed by atoms with Crippen LogP contribution in [0.3, 0.4) is 0 Å². The third kappa shape index (κ3) is 6.40. The Hall–Kier alpha value is -2.19. The number of nitrogens with zero attached hydrogens (tertiary/aromatic N) is 4. The lowest BCUT2D eigenvalue weighted by molar-refractivity contribution is 0.198. The Balaban J connectivity index is 1.15. The van der Waals surface area contributed by atoms with Gasteiger partial charge in [-0.15, -0.1) is 11.3 Å². The smallest absolute Gasteiger partial charge is 0.191 e. The molecule has 0 radical (unpaired) electrons. The lowest BCUT2D eigenvalue weighted by Gasteiger charge is -2.33. The summed E-state index contributed by atoms with van der Waals surface area (Å²) in [5.41, 5.74) is 2.32. The zero-order chi connectivity index (χ0) is 21.5. The second-order valence-corrected chi connectivity index (χ2v) is 9.22. The van der Waals surface area contributed by atoms with Gasteiger partial charge in [0, 0.05) is 64.2 Å². The molecule has 0 spiro atoms. The summed E-state index contributed by atoms with van der Waals surface area (Å²) in [7, 11) is 1.83. The van der Waals surface area contributed by atoms with E-state index in [4.69, 9.17) is 4.98 Å². The Labute approximate surface area is 188 Å². The molecule has 0 saturated carbocycles. The zero-order valence-corrected chi connectivity index (χ0v) is 19.1. The number of hydrogen-bond acceptors (Lipinski definition) is 5. The van der Waals surface area contributed by atoms with Crippen molar-refractivity contribution in [2.24, 2.45) is 4.99 Å². The van der Waals surface area contributed by atoms with Gasteiger partial charge in [0.2, 0.25) is 0 Å². The number of aliphatic imine (C=N–C) groups is 1. The average Bonchev–Trinajstić information content (AvgIpc) is 3.48. The van der Waals surface area contributed by atoms with E-state index in [1.165, 1.54) is 35.7 Å². The van der Waals surface area contributed by atoms with E-state index >= 15 is 0 Å². The SMILES string of the molecule is CN=C(NCCc1csc(N2CCCC2)n1)NC1CCN(Cc2ccc(F)cc2)CC1. The predicted octanol–water partition coefficient (Wildman–Crippen LogP) is 3.25. The van der Waals surface area contributed by atoms with Gasteiger partial charge < -0.3 is 15.5 Å². The topological polar surface area (TPSA) is 55.8 Å². The molecule has 2 N–H and O–H groups in total. The van der Waals surface area contributed by atoms with Crippen molar-refractivity contribution in [1.82, 2.24) is 20.5 Å². The van der Waals surface area contributed by atoms with Gasteiger partial charge in [0.05, 0.1) is 5.69 Å². The second kappa shape index (κ2) is 10.9.